The zero-order valence-corrected chi connectivity index (χ0v) is 8.19. The summed E-state index contributed by atoms with van der Waals surface area (Å²) in [4.78, 5) is 4.03. The molecule has 1 heterocycles. The zero-order valence-electron chi connectivity index (χ0n) is 8.19. The Morgan fingerprint density at radius 3 is 2.31 bits per heavy atom. The van der Waals surface area contributed by atoms with Gasteiger partial charge in [-0.25, -0.2) is 0 Å². The van der Waals surface area contributed by atoms with Crippen molar-refractivity contribution in [1.82, 2.24) is 4.98 Å². The van der Waals surface area contributed by atoms with Crippen LogP contribution in [0.15, 0.2) is 24.8 Å². The molecule has 0 atom stereocenters. The lowest BCUT2D eigenvalue weighted by atomic mass is 9.87. The minimum absolute atomic E-state index is 0.721. The molecule has 0 aromatic carbocycles. The minimum atomic E-state index is 0.721. The average Bonchev–Trinajstić information content (AvgIpc) is 2.20. The third kappa shape index (κ3) is 2.06. The quantitative estimate of drug-likeness (QED) is 0.600. The number of nitrogens with zero attached hydrogens (tertiary/aromatic N) is 2. The van der Waals surface area contributed by atoms with Crippen molar-refractivity contribution < 1.29 is 4.57 Å². The fourth-order valence-corrected chi connectivity index (χ4v) is 2.11. The van der Waals surface area contributed by atoms with Crippen LogP contribution in [0.25, 0.3) is 0 Å². The Kier molecular flexibility index (Phi) is 2.57. The summed E-state index contributed by atoms with van der Waals surface area (Å²) in [5.74, 6) is 0.929. The third-order valence-electron chi connectivity index (χ3n) is 3.06. The van der Waals surface area contributed by atoms with E-state index < -0.39 is 0 Å². The van der Waals surface area contributed by atoms with Gasteiger partial charge in [0.15, 0.2) is 18.4 Å². The molecule has 2 nitrogen and oxygen atoms in total. The van der Waals surface area contributed by atoms with Crippen molar-refractivity contribution in [2.75, 3.05) is 0 Å². The molecule has 2 heteroatoms. The molecule has 0 unspecified atom stereocenters. The lowest BCUT2D eigenvalue weighted by molar-refractivity contribution is -0.726. The fraction of sp³-hybridized carbons (Fsp3) is 0.636. The first kappa shape index (κ1) is 8.67. The van der Waals surface area contributed by atoms with Crippen molar-refractivity contribution in [2.24, 2.45) is 5.92 Å². The summed E-state index contributed by atoms with van der Waals surface area (Å²) in [6, 6.07) is 0.721. The largest absolute Gasteiger partial charge is 0.252 e. The molecule has 0 spiro atoms. The average molecular weight is 177 g/mol. The lowest BCUT2D eigenvalue weighted by Gasteiger charge is -2.21. The highest BCUT2D eigenvalue weighted by molar-refractivity contribution is 4.69. The number of hydrogen-bond acceptors (Lipinski definition) is 1. The Morgan fingerprint density at radius 1 is 1.08 bits per heavy atom. The van der Waals surface area contributed by atoms with Gasteiger partial charge < -0.3 is 0 Å². The molecule has 0 amide bonds. The van der Waals surface area contributed by atoms with Gasteiger partial charge in [0.2, 0.25) is 0 Å². The maximum atomic E-state index is 4.03. The predicted octanol–water partition coefficient (Wildman–Crippen LogP) is 2.12. The summed E-state index contributed by atoms with van der Waals surface area (Å²) in [5, 5.41) is 0. The molecule has 2 rings (SSSR count). The Balaban J connectivity index is 2.03. The van der Waals surface area contributed by atoms with Crippen LogP contribution < -0.4 is 4.57 Å². The van der Waals surface area contributed by atoms with Crippen molar-refractivity contribution in [2.45, 2.75) is 38.6 Å². The number of hydrogen-bond donors (Lipinski definition) is 0. The topological polar surface area (TPSA) is 16.8 Å². The molecule has 13 heavy (non-hydrogen) atoms. The highest BCUT2D eigenvalue weighted by atomic mass is 15.0. The van der Waals surface area contributed by atoms with E-state index in [4.69, 9.17) is 0 Å². The van der Waals surface area contributed by atoms with E-state index in [-0.39, 0.29) is 0 Å². The summed E-state index contributed by atoms with van der Waals surface area (Å²) < 4.78 is 2.30. The van der Waals surface area contributed by atoms with E-state index in [2.05, 4.69) is 28.9 Å². The third-order valence-corrected chi connectivity index (χ3v) is 3.06. The molecule has 1 aromatic rings. The lowest BCUT2D eigenvalue weighted by Crippen LogP contribution is -2.40. The van der Waals surface area contributed by atoms with E-state index in [1.165, 1.54) is 25.7 Å². The van der Waals surface area contributed by atoms with Gasteiger partial charge in [-0.05, 0) is 18.8 Å². The maximum Gasteiger partial charge on any atom is 0.187 e. The Morgan fingerprint density at radius 2 is 1.69 bits per heavy atom. The van der Waals surface area contributed by atoms with Crippen LogP contribution in [0.1, 0.15) is 38.6 Å². The van der Waals surface area contributed by atoms with E-state index in [1.807, 2.05) is 12.4 Å². The first-order valence-electron chi connectivity index (χ1n) is 5.17. The van der Waals surface area contributed by atoms with Crippen molar-refractivity contribution in [3.8, 4) is 0 Å². The van der Waals surface area contributed by atoms with Crippen LogP contribution in [0.3, 0.4) is 0 Å². The van der Waals surface area contributed by atoms with E-state index in [1.54, 1.807) is 0 Å². The van der Waals surface area contributed by atoms with Crippen LogP contribution in [-0.4, -0.2) is 4.98 Å². The molecule has 0 radical (unpaired) electrons. The van der Waals surface area contributed by atoms with Gasteiger partial charge >= 0.3 is 0 Å². The van der Waals surface area contributed by atoms with Crippen molar-refractivity contribution in [1.29, 1.82) is 0 Å². The highest BCUT2D eigenvalue weighted by Gasteiger charge is 2.24. The Hall–Kier alpha value is -0.920. The van der Waals surface area contributed by atoms with E-state index in [0.29, 0.717) is 0 Å². The van der Waals surface area contributed by atoms with Gasteiger partial charge in [0.25, 0.3) is 0 Å². The van der Waals surface area contributed by atoms with Gasteiger partial charge in [0.05, 0.1) is 12.4 Å². The molecule has 0 aliphatic heterocycles. The maximum absolute atomic E-state index is 4.03. The standard InChI is InChI=1S/C11H17N2/c1-10-2-4-11(5-3-10)13-8-6-12-7-9-13/h6-11H,2-5H2,1H3/q+1. The van der Waals surface area contributed by atoms with Gasteiger partial charge in [-0.1, -0.05) is 6.92 Å². The van der Waals surface area contributed by atoms with Crippen molar-refractivity contribution in [3.05, 3.63) is 24.8 Å². The Bertz CT molecular complexity index is 250. The highest BCUT2D eigenvalue weighted by Crippen LogP contribution is 2.27. The van der Waals surface area contributed by atoms with E-state index in [9.17, 15) is 0 Å². The van der Waals surface area contributed by atoms with Crippen molar-refractivity contribution in [3.63, 3.8) is 0 Å². The fourth-order valence-electron chi connectivity index (χ4n) is 2.11. The van der Waals surface area contributed by atoms with E-state index in [0.717, 1.165) is 12.0 Å². The second kappa shape index (κ2) is 3.86. The monoisotopic (exact) mass is 177 g/mol. The van der Waals surface area contributed by atoms with Crippen LogP contribution in [0.5, 0.6) is 0 Å². The molecule has 0 saturated heterocycles. The van der Waals surface area contributed by atoms with Crippen LogP contribution in [0.4, 0.5) is 0 Å². The first-order valence-corrected chi connectivity index (χ1v) is 5.17. The molecule has 1 aliphatic carbocycles. The van der Waals surface area contributed by atoms with E-state index >= 15 is 0 Å². The molecule has 1 fully saturated rings. The predicted molar refractivity (Wildman–Crippen MR) is 51.1 cm³/mol. The molecule has 0 bridgehead atoms. The van der Waals surface area contributed by atoms with Crippen LogP contribution in [0.2, 0.25) is 0 Å². The van der Waals surface area contributed by atoms with Gasteiger partial charge in [0.1, 0.15) is 0 Å². The summed E-state index contributed by atoms with van der Waals surface area (Å²) in [6.07, 6.45) is 13.3. The number of aromatic nitrogens is 2. The van der Waals surface area contributed by atoms with Gasteiger partial charge in [0, 0.05) is 12.8 Å². The first-order chi connectivity index (χ1) is 6.36. The van der Waals surface area contributed by atoms with Gasteiger partial charge in [-0.15, -0.1) is 0 Å². The number of rotatable bonds is 1. The van der Waals surface area contributed by atoms with Crippen molar-refractivity contribution >= 4 is 0 Å². The SMILES string of the molecule is CC1CCC([n+]2ccncc2)CC1. The molecular weight excluding hydrogens is 160 g/mol. The van der Waals surface area contributed by atoms with Gasteiger partial charge in [-0.3, -0.25) is 4.98 Å². The second-order valence-corrected chi connectivity index (χ2v) is 4.11. The van der Waals surface area contributed by atoms with Gasteiger partial charge in [-0.2, -0.15) is 4.57 Å². The Labute approximate surface area is 79.6 Å². The molecule has 0 N–H and O–H groups in total. The molecule has 1 saturated carbocycles. The second-order valence-electron chi connectivity index (χ2n) is 4.11. The summed E-state index contributed by atoms with van der Waals surface area (Å²) in [6.45, 7) is 2.35. The molecular formula is C11H17N2+. The van der Waals surface area contributed by atoms with Crippen LogP contribution >= 0.6 is 0 Å². The molecule has 70 valence electrons. The van der Waals surface area contributed by atoms with Crippen LogP contribution in [0, 0.1) is 5.92 Å². The van der Waals surface area contributed by atoms with Crippen LogP contribution in [-0.2, 0) is 0 Å². The molecule has 1 aromatic heterocycles. The summed E-state index contributed by atoms with van der Waals surface area (Å²) in [7, 11) is 0. The smallest absolute Gasteiger partial charge is 0.187 e. The minimum Gasteiger partial charge on any atom is -0.252 e. The normalized spacial score (nSPS) is 28.7. The summed E-state index contributed by atoms with van der Waals surface area (Å²) in [5.41, 5.74) is 0. The summed E-state index contributed by atoms with van der Waals surface area (Å²) >= 11 is 0. The molecule has 1 aliphatic rings. The zero-order chi connectivity index (χ0) is 9.10.